The second-order valence-electron chi connectivity index (χ2n) is 4.86. The first-order valence-corrected chi connectivity index (χ1v) is 7.42. The van der Waals surface area contributed by atoms with Crippen LogP contribution < -0.4 is 0 Å². The predicted molar refractivity (Wildman–Crippen MR) is 82.7 cm³/mol. The van der Waals surface area contributed by atoms with E-state index in [0.717, 1.165) is 6.42 Å². The highest BCUT2D eigenvalue weighted by Gasteiger charge is 2.17. The van der Waals surface area contributed by atoms with E-state index in [0.29, 0.717) is 16.0 Å². The molecule has 0 N–H and O–H groups in total. The molecule has 2 aromatic carbocycles. The maximum atomic E-state index is 13.8. The van der Waals surface area contributed by atoms with Gasteiger partial charge < -0.3 is 0 Å². The summed E-state index contributed by atoms with van der Waals surface area (Å²) >= 11 is 3.23. The molecule has 1 unspecified atom stereocenters. The Kier molecular flexibility index (Phi) is 4.71. The van der Waals surface area contributed by atoms with E-state index >= 15 is 0 Å². The molecule has 0 spiro atoms. The van der Waals surface area contributed by atoms with Crippen molar-refractivity contribution >= 4 is 21.7 Å². The fraction of sp³-hybridized carbons (Fsp3) is 0.235. The van der Waals surface area contributed by atoms with Crippen molar-refractivity contribution in [3.63, 3.8) is 0 Å². The van der Waals surface area contributed by atoms with Crippen molar-refractivity contribution in [2.45, 2.75) is 26.2 Å². The Bertz CT molecular complexity index is 599. The third kappa shape index (κ3) is 2.98. The number of carbonyl (C=O) groups excluding carboxylic acids is 1. The minimum absolute atomic E-state index is 0.0868. The smallest absolute Gasteiger partial charge is 0.197 e. The Morgan fingerprint density at radius 3 is 2.40 bits per heavy atom. The first kappa shape index (κ1) is 14.9. The van der Waals surface area contributed by atoms with Gasteiger partial charge in [0.1, 0.15) is 5.82 Å². The molecule has 0 saturated carbocycles. The molecule has 1 atom stereocenters. The molecular formula is C17H16BrFO. The summed E-state index contributed by atoms with van der Waals surface area (Å²) in [6, 6.07) is 12.0. The number of rotatable bonds is 4. The molecule has 0 aliphatic carbocycles. The van der Waals surface area contributed by atoms with Gasteiger partial charge in [-0.3, -0.25) is 4.79 Å². The second kappa shape index (κ2) is 6.31. The van der Waals surface area contributed by atoms with Crippen LogP contribution in [0.4, 0.5) is 4.39 Å². The van der Waals surface area contributed by atoms with Crippen molar-refractivity contribution in [1.82, 2.24) is 0 Å². The molecule has 0 amide bonds. The highest BCUT2D eigenvalue weighted by molar-refractivity contribution is 9.10. The van der Waals surface area contributed by atoms with Crippen LogP contribution in [0.1, 0.15) is 47.7 Å². The molecular weight excluding hydrogens is 319 g/mol. The third-order valence-corrected chi connectivity index (χ3v) is 4.20. The number of benzene rings is 2. The zero-order valence-electron chi connectivity index (χ0n) is 11.5. The van der Waals surface area contributed by atoms with Gasteiger partial charge in [-0.25, -0.2) is 4.39 Å². The average Bonchev–Trinajstić information content (AvgIpc) is 2.46. The van der Waals surface area contributed by atoms with Crippen molar-refractivity contribution in [2.24, 2.45) is 0 Å². The lowest BCUT2D eigenvalue weighted by Gasteiger charge is -2.10. The van der Waals surface area contributed by atoms with E-state index in [-0.39, 0.29) is 11.3 Å². The predicted octanol–water partition coefficient (Wildman–Crippen LogP) is 5.33. The van der Waals surface area contributed by atoms with Gasteiger partial charge in [-0.05, 0) is 46.0 Å². The van der Waals surface area contributed by atoms with E-state index in [4.69, 9.17) is 0 Å². The summed E-state index contributed by atoms with van der Waals surface area (Å²) in [5.41, 5.74) is 1.78. The highest BCUT2D eigenvalue weighted by atomic mass is 79.9. The molecule has 0 radical (unpaired) electrons. The molecule has 3 heteroatoms. The maximum absolute atomic E-state index is 13.8. The summed E-state index contributed by atoms with van der Waals surface area (Å²) in [5, 5.41) is 0. The van der Waals surface area contributed by atoms with Crippen molar-refractivity contribution in [3.8, 4) is 0 Å². The van der Waals surface area contributed by atoms with Crippen LogP contribution in [0, 0.1) is 5.82 Å². The zero-order chi connectivity index (χ0) is 14.7. The number of carbonyl (C=O) groups is 1. The summed E-state index contributed by atoms with van der Waals surface area (Å²) in [6.45, 7) is 4.27. The summed E-state index contributed by atoms with van der Waals surface area (Å²) in [6.07, 6.45) is 1.05. The van der Waals surface area contributed by atoms with E-state index in [2.05, 4.69) is 29.8 Å². The summed E-state index contributed by atoms with van der Waals surface area (Å²) in [7, 11) is 0. The van der Waals surface area contributed by atoms with Crippen LogP contribution in [0.25, 0.3) is 0 Å². The Labute approximate surface area is 127 Å². The van der Waals surface area contributed by atoms with Crippen LogP contribution in [0.3, 0.4) is 0 Å². The standard InChI is InChI=1S/C17H16BrFO/c1-3-11(2)12-7-9-13(10-8-12)17(20)16-14(18)5-4-6-15(16)19/h4-11H,3H2,1-2H3. The van der Waals surface area contributed by atoms with Crippen LogP contribution in [0.15, 0.2) is 46.9 Å². The first-order valence-electron chi connectivity index (χ1n) is 6.63. The lowest BCUT2D eigenvalue weighted by atomic mass is 9.95. The van der Waals surface area contributed by atoms with Gasteiger partial charge in [-0.1, -0.05) is 44.2 Å². The molecule has 20 heavy (non-hydrogen) atoms. The van der Waals surface area contributed by atoms with Crippen molar-refractivity contribution in [1.29, 1.82) is 0 Å². The van der Waals surface area contributed by atoms with Gasteiger partial charge in [0.25, 0.3) is 0 Å². The second-order valence-corrected chi connectivity index (χ2v) is 5.71. The van der Waals surface area contributed by atoms with Crippen molar-refractivity contribution < 1.29 is 9.18 Å². The summed E-state index contributed by atoms with van der Waals surface area (Å²) in [4.78, 5) is 12.4. The molecule has 0 fully saturated rings. The van der Waals surface area contributed by atoms with Gasteiger partial charge in [-0.2, -0.15) is 0 Å². The van der Waals surface area contributed by atoms with E-state index in [9.17, 15) is 9.18 Å². The van der Waals surface area contributed by atoms with E-state index < -0.39 is 5.82 Å². The van der Waals surface area contributed by atoms with Gasteiger partial charge in [-0.15, -0.1) is 0 Å². The van der Waals surface area contributed by atoms with Gasteiger partial charge in [0.15, 0.2) is 5.78 Å². The molecule has 0 aliphatic heterocycles. The number of hydrogen-bond donors (Lipinski definition) is 0. The SMILES string of the molecule is CCC(C)c1ccc(C(=O)c2c(F)cccc2Br)cc1. The maximum Gasteiger partial charge on any atom is 0.197 e. The molecule has 2 aromatic rings. The lowest BCUT2D eigenvalue weighted by molar-refractivity contribution is 0.103. The van der Waals surface area contributed by atoms with E-state index in [1.807, 2.05) is 12.1 Å². The van der Waals surface area contributed by atoms with Crippen LogP contribution in [0.2, 0.25) is 0 Å². The van der Waals surface area contributed by atoms with Crippen molar-refractivity contribution in [3.05, 3.63) is 69.4 Å². The monoisotopic (exact) mass is 334 g/mol. The third-order valence-electron chi connectivity index (χ3n) is 3.54. The quantitative estimate of drug-likeness (QED) is 0.690. The molecule has 0 aliphatic rings. The summed E-state index contributed by atoms with van der Waals surface area (Å²) in [5.74, 6) is -0.347. The van der Waals surface area contributed by atoms with E-state index in [1.54, 1.807) is 24.3 Å². The van der Waals surface area contributed by atoms with Crippen LogP contribution >= 0.6 is 15.9 Å². The Balaban J connectivity index is 2.35. The Hall–Kier alpha value is -1.48. The van der Waals surface area contributed by atoms with Gasteiger partial charge in [0, 0.05) is 10.0 Å². The largest absolute Gasteiger partial charge is 0.288 e. The van der Waals surface area contributed by atoms with Gasteiger partial charge >= 0.3 is 0 Å². The molecule has 0 bridgehead atoms. The fourth-order valence-corrected chi connectivity index (χ4v) is 2.58. The zero-order valence-corrected chi connectivity index (χ0v) is 13.1. The first-order chi connectivity index (χ1) is 9.54. The lowest BCUT2D eigenvalue weighted by Crippen LogP contribution is -2.05. The number of ketones is 1. The van der Waals surface area contributed by atoms with Crippen LogP contribution in [-0.2, 0) is 0 Å². The molecule has 1 nitrogen and oxygen atoms in total. The van der Waals surface area contributed by atoms with Gasteiger partial charge in [0.05, 0.1) is 5.56 Å². The number of halogens is 2. The molecule has 104 valence electrons. The molecule has 0 heterocycles. The number of hydrogen-bond acceptors (Lipinski definition) is 1. The fourth-order valence-electron chi connectivity index (χ4n) is 2.06. The molecule has 2 rings (SSSR count). The van der Waals surface area contributed by atoms with Crippen molar-refractivity contribution in [2.75, 3.05) is 0 Å². The normalized spacial score (nSPS) is 12.2. The molecule has 0 aromatic heterocycles. The summed E-state index contributed by atoms with van der Waals surface area (Å²) < 4.78 is 14.3. The van der Waals surface area contributed by atoms with Crippen LogP contribution in [-0.4, -0.2) is 5.78 Å². The average molecular weight is 335 g/mol. The van der Waals surface area contributed by atoms with Crippen LogP contribution in [0.5, 0.6) is 0 Å². The Morgan fingerprint density at radius 1 is 1.20 bits per heavy atom. The van der Waals surface area contributed by atoms with Gasteiger partial charge in [0.2, 0.25) is 0 Å². The topological polar surface area (TPSA) is 17.1 Å². The molecule has 0 saturated heterocycles. The Morgan fingerprint density at radius 2 is 1.85 bits per heavy atom. The van der Waals surface area contributed by atoms with E-state index in [1.165, 1.54) is 11.6 Å². The minimum Gasteiger partial charge on any atom is -0.288 e. The highest BCUT2D eigenvalue weighted by Crippen LogP contribution is 2.24. The minimum atomic E-state index is -0.504.